The molecule has 3 nitrogen and oxygen atoms in total. The number of anilines is 1. The third-order valence-electron chi connectivity index (χ3n) is 4.13. The normalized spacial score (nSPS) is 15.9. The van der Waals surface area contributed by atoms with Gasteiger partial charge in [-0.05, 0) is 69.1 Å². The van der Waals surface area contributed by atoms with Crippen LogP contribution in [0.15, 0.2) is 18.2 Å². The molecule has 106 valence electrons. The van der Waals surface area contributed by atoms with Gasteiger partial charge >= 0.3 is 0 Å². The van der Waals surface area contributed by atoms with Crippen molar-refractivity contribution in [1.29, 1.82) is 0 Å². The molecule has 0 aliphatic carbocycles. The molecule has 0 unspecified atom stereocenters. The van der Waals surface area contributed by atoms with Crippen LogP contribution < -0.4 is 10.6 Å². The van der Waals surface area contributed by atoms with Crippen molar-refractivity contribution in [3.05, 3.63) is 29.3 Å². The van der Waals surface area contributed by atoms with Gasteiger partial charge in [0.15, 0.2) is 0 Å². The van der Waals surface area contributed by atoms with Gasteiger partial charge in [-0.1, -0.05) is 6.07 Å². The molecule has 1 aromatic rings. The second kappa shape index (κ2) is 6.92. The third kappa shape index (κ3) is 3.95. The minimum Gasteiger partial charge on any atom is -0.373 e. The van der Waals surface area contributed by atoms with E-state index in [1.165, 1.54) is 49.3 Å². The van der Waals surface area contributed by atoms with Gasteiger partial charge in [-0.25, -0.2) is 0 Å². The highest BCUT2D eigenvalue weighted by molar-refractivity contribution is 5.50. The van der Waals surface area contributed by atoms with Crippen molar-refractivity contribution < 1.29 is 0 Å². The Labute approximate surface area is 117 Å². The highest BCUT2D eigenvalue weighted by atomic mass is 15.2. The number of hydrogen-bond donors (Lipinski definition) is 1. The van der Waals surface area contributed by atoms with Gasteiger partial charge in [0.25, 0.3) is 0 Å². The Bertz CT molecular complexity index is 397. The Morgan fingerprint density at radius 3 is 2.63 bits per heavy atom. The first-order chi connectivity index (χ1) is 9.20. The molecular formula is C16H27N3. The summed E-state index contributed by atoms with van der Waals surface area (Å²) in [6.07, 6.45) is 3.72. The van der Waals surface area contributed by atoms with Crippen LogP contribution >= 0.6 is 0 Å². The molecule has 0 aromatic heterocycles. The molecule has 2 rings (SSSR count). The van der Waals surface area contributed by atoms with E-state index in [2.05, 4.69) is 42.0 Å². The summed E-state index contributed by atoms with van der Waals surface area (Å²) >= 11 is 0. The molecule has 1 aromatic carbocycles. The van der Waals surface area contributed by atoms with Crippen molar-refractivity contribution in [2.45, 2.75) is 26.2 Å². The second-order valence-corrected chi connectivity index (χ2v) is 5.62. The molecule has 3 heteroatoms. The van der Waals surface area contributed by atoms with Crippen molar-refractivity contribution >= 4 is 5.69 Å². The van der Waals surface area contributed by atoms with Crippen molar-refractivity contribution in [3.8, 4) is 0 Å². The number of rotatable bonds is 6. The predicted octanol–water partition coefficient (Wildman–Crippen LogP) is 2.03. The fraction of sp³-hybridized carbons (Fsp3) is 0.625. The molecule has 0 atom stereocenters. The van der Waals surface area contributed by atoms with Gasteiger partial charge in [0.1, 0.15) is 0 Å². The van der Waals surface area contributed by atoms with Crippen LogP contribution in [0.25, 0.3) is 0 Å². The van der Waals surface area contributed by atoms with Gasteiger partial charge in [0.05, 0.1) is 0 Å². The molecule has 1 heterocycles. The maximum atomic E-state index is 5.63. The van der Waals surface area contributed by atoms with E-state index in [0.717, 1.165) is 19.5 Å². The maximum absolute atomic E-state index is 5.63. The summed E-state index contributed by atoms with van der Waals surface area (Å²) in [5.74, 6) is 0. The first-order valence-corrected chi connectivity index (χ1v) is 7.44. The summed E-state index contributed by atoms with van der Waals surface area (Å²) in [5.41, 5.74) is 9.68. The fourth-order valence-corrected chi connectivity index (χ4v) is 2.78. The maximum Gasteiger partial charge on any atom is 0.0366 e. The van der Waals surface area contributed by atoms with Gasteiger partial charge in [-0.15, -0.1) is 0 Å². The molecule has 1 fully saturated rings. The smallest absolute Gasteiger partial charge is 0.0366 e. The van der Waals surface area contributed by atoms with Crippen LogP contribution in [0, 0.1) is 6.92 Å². The lowest BCUT2D eigenvalue weighted by Gasteiger charge is -2.24. The molecule has 1 aliphatic rings. The SMILES string of the molecule is Cc1cc(N(C)CCN2CCCC2)ccc1CCN. The van der Waals surface area contributed by atoms with Crippen molar-refractivity contribution in [2.24, 2.45) is 5.73 Å². The van der Waals surface area contributed by atoms with E-state index in [1.54, 1.807) is 0 Å². The summed E-state index contributed by atoms with van der Waals surface area (Å²) in [5, 5.41) is 0. The number of likely N-dealkylation sites (N-methyl/N-ethyl adjacent to an activating group) is 1. The molecule has 1 saturated heterocycles. The Morgan fingerprint density at radius 2 is 2.00 bits per heavy atom. The molecule has 0 radical (unpaired) electrons. The largest absolute Gasteiger partial charge is 0.373 e. The zero-order chi connectivity index (χ0) is 13.7. The summed E-state index contributed by atoms with van der Waals surface area (Å²) in [7, 11) is 2.19. The van der Waals surface area contributed by atoms with Crippen LogP contribution in [-0.4, -0.2) is 44.7 Å². The number of aryl methyl sites for hydroxylation is 1. The number of nitrogens with two attached hydrogens (primary N) is 1. The van der Waals surface area contributed by atoms with E-state index < -0.39 is 0 Å². The summed E-state index contributed by atoms with van der Waals surface area (Å²) in [4.78, 5) is 4.92. The molecular weight excluding hydrogens is 234 g/mol. The van der Waals surface area contributed by atoms with E-state index in [4.69, 9.17) is 5.73 Å². The average molecular weight is 261 g/mol. The second-order valence-electron chi connectivity index (χ2n) is 5.62. The highest BCUT2D eigenvalue weighted by Crippen LogP contribution is 2.18. The minimum absolute atomic E-state index is 0.727. The highest BCUT2D eigenvalue weighted by Gasteiger charge is 2.12. The molecule has 19 heavy (non-hydrogen) atoms. The number of hydrogen-bond acceptors (Lipinski definition) is 3. The standard InChI is InChI=1S/C16H27N3/c1-14-13-16(6-5-15(14)7-8-17)18(2)11-12-19-9-3-4-10-19/h5-6,13H,3-4,7-12,17H2,1-2H3. The molecule has 0 saturated carbocycles. The Kier molecular flexibility index (Phi) is 5.23. The Morgan fingerprint density at radius 1 is 1.26 bits per heavy atom. The fourth-order valence-electron chi connectivity index (χ4n) is 2.78. The summed E-state index contributed by atoms with van der Waals surface area (Å²) in [6, 6.07) is 6.74. The lowest BCUT2D eigenvalue weighted by Crippen LogP contribution is -2.31. The minimum atomic E-state index is 0.727. The van der Waals surface area contributed by atoms with E-state index in [1.807, 2.05) is 0 Å². The lowest BCUT2D eigenvalue weighted by atomic mass is 10.0. The van der Waals surface area contributed by atoms with E-state index in [9.17, 15) is 0 Å². The molecule has 2 N–H and O–H groups in total. The summed E-state index contributed by atoms with van der Waals surface area (Å²) < 4.78 is 0. The van der Waals surface area contributed by atoms with Crippen LogP contribution in [0.3, 0.4) is 0 Å². The van der Waals surface area contributed by atoms with Gasteiger partial charge in [-0.3, -0.25) is 0 Å². The topological polar surface area (TPSA) is 32.5 Å². The Hall–Kier alpha value is -1.06. The summed E-state index contributed by atoms with van der Waals surface area (Å²) in [6.45, 7) is 7.76. The molecule has 1 aliphatic heterocycles. The van der Waals surface area contributed by atoms with Gasteiger partial charge in [-0.2, -0.15) is 0 Å². The quantitative estimate of drug-likeness (QED) is 0.850. The number of nitrogens with zero attached hydrogens (tertiary/aromatic N) is 2. The monoisotopic (exact) mass is 261 g/mol. The lowest BCUT2D eigenvalue weighted by molar-refractivity contribution is 0.346. The van der Waals surface area contributed by atoms with E-state index >= 15 is 0 Å². The van der Waals surface area contributed by atoms with Crippen molar-refractivity contribution in [1.82, 2.24) is 4.90 Å². The molecule has 0 bridgehead atoms. The molecule has 0 amide bonds. The Balaban J connectivity index is 1.90. The number of benzene rings is 1. The van der Waals surface area contributed by atoms with Crippen LogP contribution in [-0.2, 0) is 6.42 Å². The first-order valence-electron chi connectivity index (χ1n) is 7.44. The first kappa shape index (κ1) is 14.4. The predicted molar refractivity (Wildman–Crippen MR) is 82.9 cm³/mol. The van der Waals surface area contributed by atoms with E-state index in [0.29, 0.717) is 0 Å². The van der Waals surface area contributed by atoms with Crippen LogP contribution in [0.2, 0.25) is 0 Å². The van der Waals surface area contributed by atoms with Crippen molar-refractivity contribution in [3.63, 3.8) is 0 Å². The third-order valence-corrected chi connectivity index (χ3v) is 4.13. The van der Waals surface area contributed by atoms with Gasteiger partial charge in [0, 0.05) is 25.8 Å². The van der Waals surface area contributed by atoms with Crippen LogP contribution in [0.4, 0.5) is 5.69 Å². The van der Waals surface area contributed by atoms with Gasteiger partial charge < -0.3 is 15.5 Å². The van der Waals surface area contributed by atoms with Gasteiger partial charge in [0.2, 0.25) is 0 Å². The number of likely N-dealkylation sites (tertiary alicyclic amines) is 1. The average Bonchev–Trinajstić information content (AvgIpc) is 2.91. The zero-order valence-electron chi connectivity index (χ0n) is 12.4. The van der Waals surface area contributed by atoms with Crippen LogP contribution in [0.1, 0.15) is 24.0 Å². The molecule has 0 spiro atoms. The van der Waals surface area contributed by atoms with E-state index in [-0.39, 0.29) is 0 Å². The zero-order valence-corrected chi connectivity index (χ0v) is 12.4. The van der Waals surface area contributed by atoms with Crippen LogP contribution in [0.5, 0.6) is 0 Å². The van der Waals surface area contributed by atoms with Crippen molar-refractivity contribution in [2.75, 3.05) is 44.7 Å².